The van der Waals surface area contributed by atoms with Crippen LogP contribution in [0.15, 0.2) is 24.3 Å². The fourth-order valence-electron chi connectivity index (χ4n) is 2.03. The zero-order chi connectivity index (χ0) is 11.5. The second-order valence-electron chi connectivity index (χ2n) is 4.32. The van der Waals surface area contributed by atoms with Crippen LogP contribution in [0.5, 0.6) is 5.75 Å². The number of amides is 1. The maximum absolute atomic E-state index is 10.8. The molecular weight excluding hydrogens is 202 g/mol. The molecule has 0 aromatic heterocycles. The first-order chi connectivity index (χ1) is 7.70. The van der Waals surface area contributed by atoms with E-state index in [0.29, 0.717) is 11.8 Å². The van der Waals surface area contributed by atoms with E-state index in [9.17, 15) is 4.79 Å². The van der Waals surface area contributed by atoms with Gasteiger partial charge in [0.15, 0.2) is 0 Å². The molecule has 1 N–H and O–H groups in total. The number of carbonyl (C=O) groups is 1. The SMILES string of the molecule is COc1cccc([C@H]2C[C@@H]2CNC(C)=O)c1. The van der Waals surface area contributed by atoms with Crippen LogP contribution in [0.1, 0.15) is 24.8 Å². The molecular formula is C13H17NO2. The number of hydrogen-bond donors (Lipinski definition) is 1. The number of rotatable bonds is 4. The molecule has 1 fully saturated rings. The third-order valence-electron chi connectivity index (χ3n) is 3.06. The highest BCUT2D eigenvalue weighted by Crippen LogP contribution is 2.47. The van der Waals surface area contributed by atoms with Crippen molar-refractivity contribution in [1.29, 1.82) is 0 Å². The average Bonchev–Trinajstić information content (AvgIpc) is 3.06. The highest BCUT2D eigenvalue weighted by Gasteiger charge is 2.38. The van der Waals surface area contributed by atoms with Crippen molar-refractivity contribution in [2.45, 2.75) is 19.3 Å². The van der Waals surface area contributed by atoms with Gasteiger partial charge < -0.3 is 10.1 Å². The Morgan fingerprint density at radius 1 is 1.56 bits per heavy atom. The van der Waals surface area contributed by atoms with Gasteiger partial charge in [-0.15, -0.1) is 0 Å². The summed E-state index contributed by atoms with van der Waals surface area (Å²) in [5.41, 5.74) is 1.31. The quantitative estimate of drug-likeness (QED) is 0.840. The van der Waals surface area contributed by atoms with E-state index in [-0.39, 0.29) is 5.91 Å². The molecule has 86 valence electrons. The molecule has 1 aromatic rings. The Bertz CT molecular complexity index is 389. The summed E-state index contributed by atoms with van der Waals surface area (Å²) in [5.74, 6) is 2.14. The lowest BCUT2D eigenvalue weighted by Crippen LogP contribution is -2.22. The minimum Gasteiger partial charge on any atom is -0.497 e. The lowest BCUT2D eigenvalue weighted by atomic mass is 10.1. The van der Waals surface area contributed by atoms with E-state index in [1.807, 2.05) is 12.1 Å². The summed E-state index contributed by atoms with van der Waals surface area (Å²) in [6, 6.07) is 8.18. The Kier molecular flexibility index (Phi) is 3.13. The number of methoxy groups -OCH3 is 1. The molecule has 1 aromatic carbocycles. The lowest BCUT2D eigenvalue weighted by molar-refractivity contribution is -0.119. The van der Waals surface area contributed by atoms with Gasteiger partial charge in [-0.05, 0) is 36.0 Å². The molecule has 2 atom stereocenters. The maximum Gasteiger partial charge on any atom is 0.216 e. The Morgan fingerprint density at radius 3 is 3.06 bits per heavy atom. The maximum atomic E-state index is 10.8. The fraction of sp³-hybridized carbons (Fsp3) is 0.462. The standard InChI is InChI=1S/C13H17NO2/c1-9(15)14-8-11-7-13(11)10-4-3-5-12(6-10)16-2/h3-6,11,13H,7-8H2,1-2H3,(H,14,15)/t11-,13-/m1/s1. The summed E-state index contributed by atoms with van der Waals surface area (Å²) >= 11 is 0. The van der Waals surface area contributed by atoms with Crippen molar-refractivity contribution in [3.05, 3.63) is 29.8 Å². The summed E-state index contributed by atoms with van der Waals surface area (Å²) in [6.07, 6.45) is 1.16. The van der Waals surface area contributed by atoms with Gasteiger partial charge in [0.1, 0.15) is 5.75 Å². The molecule has 1 saturated carbocycles. The molecule has 1 aliphatic rings. The van der Waals surface area contributed by atoms with Crippen LogP contribution >= 0.6 is 0 Å². The van der Waals surface area contributed by atoms with Gasteiger partial charge in [0.05, 0.1) is 7.11 Å². The van der Waals surface area contributed by atoms with Crippen LogP contribution in [0.25, 0.3) is 0 Å². The van der Waals surface area contributed by atoms with Crippen molar-refractivity contribution in [1.82, 2.24) is 5.32 Å². The third-order valence-corrected chi connectivity index (χ3v) is 3.06. The summed E-state index contributed by atoms with van der Waals surface area (Å²) in [4.78, 5) is 10.8. The number of benzene rings is 1. The minimum absolute atomic E-state index is 0.0521. The van der Waals surface area contributed by atoms with E-state index in [2.05, 4.69) is 17.4 Å². The highest BCUT2D eigenvalue weighted by atomic mass is 16.5. The van der Waals surface area contributed by atoms with Crippen LogP contribution in [-0.2, 0) is 4.79 Å². The number of carbonyl (C=O) groups excluding carboxylic acids is 1. The van der Waals surface area contributed by atoms with Crippen molar-refractivity contribution in [2.24, 2.45) is 5.92 Å². The fourth-order valence-corrected chi connectivity index (χ4v) is 2.03. The highest BCUT2D eigenvalue weighted by molar-refractivity contribution is 5.72. The summed E-state index contributed by atoms with van der Waals surface area (Å²) in [7, 11) is 1.68. The Hall–Kier alpha value is -1.51. The van der Waals surface area contributed by atoms with Crippen molar-refractivity contribution in [2.75, 3.05) is 13.7 Å². The molecule has 0 spiro atoms. The number of ether oxygens (including phenoxy) is 1. The number of hydrogen-bond acceptors (Lipinski definition) is 2. The molecule has 0 heterocycles. The van der Waals surface area contributed by atoms with Crippen LogP contribution in [0.2, 0.25) is 0 Å². The van der Waals surface area contributed by atoms with E-state index in [0.717, 1.165) is 18.7 Å². The smallest absolute Gasteiger partial charge is 0.216 e. The van der Waals surface area contributed by atoms with Gasteiger partial charge in [0, 0.05) is 13.5 Å². The van der Waals surface area contributed by atoms with E-state index in [4.69, 9.17) is 4.74 Å². The molecule has 1 amide bonds. The van der Waals surface area contributed by atoms with Gasteiger partial charge in [-0.1, -0.05) is 12.1 Å². The minimum atomic E-state index is 0.0521. The second-order valence-corrected chi connectivity index (χ2v) is 4.32. The monoisotopic (exact) mass is 219 g/mol. The van der Waals surface area contributed by atoms with Gasteiger partial charge in [0.2, 0.25) is 5.91 Å². The van der Waals surface area contributed by atoms with Crippen molar-refractivity contribution < 1.29 is 9.53 Å². The largest absolute Gasteiger partial charge is 0.497 e. The molecule has 0 saturated heterocycles. The van der Waals surface area contributed by atoms with Crippen LogP contribution < -0.4 is 10.1 Å². The van der Waals surface area contributed by atoms with E-state index >= 15 is 0 Å². The normalized spacial score (nSPS) is 22.6. The molecule has 0 aliphatic heterocycles. The summed E-state index contributed by atoms with van der Waals surface area (Å²) in [5, 5.41) is 2.87. The van der Waals surface area contributed by atoms with Crippen LogP contribution in [0.4, 0.5) is 0 Å². The van der Waals surface area contributed by atoms with Crippen LogP contribution in [-0.4, -0.2) is 19.6 Å². The van der Waals surface area contributed by atoms with Crippen molar-refractivity contribution >= 4 is 5.91 Å². The van der Waals surface area contributed by atoms with Gasteiger partial charge in [-0.25, -0.2) is 0 Å². The predicted octanol–water partition coefficient (Wildman–Crippen LogP) is 1.93. The topological polar surface area (TPSA) is 38.3 Å². The zero-order valence-corrected chi connectivity index (χ0v) is 9.69. The van der Waals surface area contributed by atoms with Crippen LogP contribution in [0.3, 0.4) is 0 Å². The molecule has 2 rings (SSSR count). The average molecular weight is 219 g/mol. The Balaban J connectivity index is 1.92. The molecule has 3 nitrogen and oxygen atoms in total. The molecule has 0 bridgehead atoms. The summed E-state index contributed by atoms with van der Waals surface area (Å²) < 4.78 is 5.20. The molecule has 3 heteroatoms. The van der Waals surface area contributed by atoms with Crippen LogP contribution in [0, 0.1) is 5.92 Å². The Labute approximate surface area is 95.8 Å². The Morgan fingerprint density at radius 2 is 2.38 bits per heavy atom. The second kappa shape index (κ2) is 4.56. The molecule has 0 unspecified atom stereocenters. The zero-order valence-electron chi connectivity index (χ0n) is 9.69. The third kappa shape index (κ3) is 2.54. The first kappa shape index (κ1) is 11.0. The summed E-state index contributed by atoms with van der Waals surface area (Å²) in [6.45, 7) is 2.35. The predicted molar refractivity (Wildman–Crippen MR) is 62.5 cm³/mol. The van der Waals surface area contributed by atoms with Crippen molar-refractivity contribution in [3.63, 3.8) is 0 Å². The molecule has 1 aliphatic carbocycles. The van der Waals surface area contributed by atoms with E-state index < -0.39 is 0 Å². The van der Waals surface area contributed by atoms with Gasteiger partial charge in [0.25, 0.3) is 0 Å². The number of nitrogens with one attached hydrogen (secondary N) is 1. The van der Waals surface area contributed by atoms with Gasteiger partial charge in [-0.2, -0.15) is 0 Å². The molecule has 16 heavy (non-hydrogen) atoms. The van der Waals surface area contributed by atoms with Gasteiger partial charge in [-0.3, -0.25) is 4.79 Å². The first-order valence-corrected chi connectivity index (χ1v) is 5.59. The van der Waals surface area contributed by atoms with Crippen molar-refractivity contribution in [3.8, 4) is 5.75 Å². The molecule has 0 radical (unpaired) electrons. The van der Waals surface area contributed by atoms with Gasteiger partial charge >= 0.3 is 0 Å². The lowest BCUT2D eigenvalue weighted by Gasteiger charge is -2.04. The van der Waals surface area contributed by atoms with E-state index in [1.165, 1.54) is 5.56 Å². The first-order valence-electron chi connectivity index (χ1n) is 5.59. The van der Waals surface area contributed by atoms with E-state index in [1.54, 1.807) is 14.0 Å².